The third-order valence-corrected chi connectivity index (χ3v) is 2.96. The van der Waals surface area contributed by atoms with Gasteiger partial charge in [0.15, 0.2) is 0 Å². The normalized spacial score (nSPS) is 11.2. The van der Waals surface area contributed by atoms with Gasteiger partial charge in [-0.25, -0.2) is 4.98 Å². The highest BCUT2D eigenvalue weighted by molar-refractivity contribution is 5.93. The second kappa shape index (κ2) is 6.55. The van der Waals surface area contributed by atoms with E-state index in [-0.39, 0.29) is 5.91 Å². The number of unbranched alkanes of at least 4 members (excludes halogenated alkanes) is 1. The molecule has 0 saturated carbocycles. The summed E-state index contributed by atoms with van der Waals surface area (Å²) in [4.78, 5) is 18.3. The third kappa shape index (κ3) is 4.89. The van der Waals surface area contributed by atoms with Crippen LogP contribution in [-0.2, 0) is 4.79 Å². The molecule has 1 amide bonds. The van der Waals surface area contributed by atoms with Crippen molar-refractivity contribution in [3.8, 4) is 0 Å². The molecule has 0 spiro atoms. The Bertz CT molecular complexity index is 406. The largest absolute Gasteiger partial charge is 0.373 e. The molecule has 0 atom stereocenters. The van der Waals surface area contributed by atoms with Crippen molar-refractivity contribution in [3.05, 3.63) is 18.3 Å². The first-order chi connectivity index (χ1) is 8.84. The summed E-state index contributed by atoms with van der Waals surface area (Å²) in [5, 5.41) is 2.82. The second-order valence-electron chi connectivity index (χ2n) is 5.88. The molecule has 1 rings (SSSR count). The highest BCUT2D eigenvalue weighted by atomic mass is 16.2. The van der Waals surface area contributed by atoms with E-state index in [0.29, 0.717) is 5.82 Å². The summed E-state index contributed by atoms with van der Waals surface area (Å²) >= 11 is 0. The van der Waals surface area contributed by atoms with Gasteiger partial charge in [-0.05, 0) is 18.6 Å². The Labute approximate surface area is 116 Å². The number of rotatable bonds is 5. The number of anilines is 2. The van der Waals surface area contributed by atoms with Crippen molar-refractivity contribution in [1.82, 2.24) is 4.98 Å². The van der Waals surface area contributed by atoms with Crippen molar-refractivity contribution < 1.29 is 4.79 Å². The summed E-state index contributed by atoms with van der Waals surface area (Å²) in [7, 11) is 2.06. The van der Waals surface area contributed by atoms with Crippen LogP contribution in [0.25, 0.3) is 0 Å². The van der Waals surface area contributed by atoms with Crippen LogP contribution in [-0.4, -0.2) is 24.5 Å². The van der Waals surface area contributed by atoms with Gasteiger partial charge >= 0.3 is 0 Å². The van der Waals surface area contributed by atoms with Crippen LogP contribution in [0.15, 0.2) is 18.3 Å². The molecule has 4 nitrogen and oxygen atoms in total. The van der Waals surface area contributed by atoms with E-state index in [1.807, 2.05) is 32.9 Å². The summed E-state index contributed by atoms with van der Waals surface area (Å²) < 4.78 is 0. The number of nitrogens with one attached hydrogen (secondary N) is 1. The summed E-state index contributed by atoms with van der Waals surface area (Å²) in [6, 6.07) is 3.84. The Morgan fingerprint density at radius 3 is 2.53 bits per heavy atom. The van der Waals surface area contributed by atoms with Gasteiger partial charge in [0.25, 0.3) is 0 Å². The van der Waals surface area contributed by atoms with E-state index in [1.54, 1.807) is 6.20 Å². The summed E-state index contributed by atoms with van der Waals surface area (Å²) in [6.07, 6.45) is 4.14. The van der Waals surface area contributed by atoms with Crippen molar-refractivity contribution in [2.75, 3.05) is 23.8 Å². The highest BCUT2D eigenvalue weighted by Crippen LogP contribution is 2.18. The Morgan fingerprint density at radius 2 is 2.05 bits per heavy atom. The first-order valence-electron chi connectivity index (χ1n) is 6.83. The monoisotopic (exact) mass is 263 g/mol. The number of carbonyl (C=O) groups excluding carboxylic acids is 1. The molecular formula is C15H25N3O. The molecule has 4 heteroatoms. The Hall–Kier alpha value is -1.58. The first kappa shape index (κ1) is 15.5. The number of pyridine rings is 1. The van der Waals surface area contributed by atoms with Crippen LogP contribution >= 0.6 is 0 Å². The minimum absolute atomic E-state index is 0.0212. The topological polar surface area (TPSA) is 45.2 Å². The van der Waals surface area contributed by atoms with Crippen LogP contribution in [0, 0.1) is 5.41 Å². The molecular weight excluding hydrogens is 238 g/mol. The van der Waals surface area contributed by atoms with Crippen LogP contribution < -0.4 is 10.2 Å². The average molecular weight is 263 g/mol. The number of hydrogen-bond donors (Lipinski definition) is 1. The van der Waals surface area contributed by atoms with Crippen LogP contribution in [0.2, 0.25) is 0 Å². The van der Waals surface area contributed by atoms with Crippen molar-refractivity contribution in [2.45, 2.75) is 40.5 Å². The molecule has 0 aliphatic carbocycles. The van der Waals surface area contributed by atoms with Crippen molar-refractivity contribution >= 4 is 17.4 Å². The van der Waals surface area contributed by atoms with Crippen LogP contribution in [0.4, 0.5) is 11.5 Å². The van der Waals surface area contributed by atoms with Gasteiger partial charge < -0.3 is 10.2 Å². The standard InChI is InChI=1S/C15H25N3O/c1-6-7-10-18(5)12-8-9-13(16-11-12)17-14(19)15(2,3)4/h8-9,11H,6-7,10H2,1-5H3,(H,16,17,19). The zero-order valence-electron chi connectivity index (χ0n) is 12.7. The summed E-state index contributed by atoms with van der Waals surface area (Å²) in [5.41, 5.74) is 0.667. The van der Waals surface area contributed by atoms with Crippen molar-refractivity contribution in [1.29, 1.82) is 0 Å². The lowest BCUT2D eigenvalue weighted by atomic mass is 9.96. The summed E-state index contributed by atoms with van der Waals surface area (Å²) in [5.74, 6) is 0.583. The molecule has 0 saturated heterocycles. The number of carbonyl (C=O) groups is 1. The lowest BCUT2D eigenvalue weighted by molar-refractivity contribution is -0.123. The maximum absolute atomic E-state index is 11.8. The molecule has 1 heterocycles. The van der Waals surface area contributed by atoms with E-state index >= 15 is 0 Å². The zero-order valence-corrected chi connectivity index (χ0v) is 12.7. The van der Waals surface area contributed by atoms with Gasteiger partial charge in [-0.3, -0.25) is 4.79 Å². The maximum Gasteiger partial charge on any atom is 0.230 e. The fourth-order valence-electron chi connectivity index (χ4n) is 1.51. The Kier molecular flexibility index (Phi) is 5.33. The lowest BCUT2D eigenvalue weighted by Gasteiger charge is -2.20. The van der Waals surface area contributed by atoms with Crippen LogP contribution in [0.3, 0.4) is 0 Å². The van der Waals surface area contributed by atoms with Gasteiger partial charge in [0.05, 0.1) is 11.9 Å². The molecule has 19 heavy (non-hydrogen) atoms. The molecule has 1 aromatic heterocycles. The van der Waals surface area contributed by atoms with Gasteiger partial charge in [-0.1, -0.05) is 34.1 Å². The molecule has 1 N–H and O–H groups in total. The van der Waals surface area contributed by atoms with Gasteiger partial charge in [-0.2, -0.15) is 0 Å². The van der Waals surface area contributed by atoms with E-state index in [0.717, 1.165) is 12.2 Å². The Balaban J connectivity index is 2.64. The second-order valence-corrected chi connectivity index (χ2v) is 5.88. The molecule has 106 valence electrons. The van der Waals surface area contributed by atoms with Gasteiger partial charge in [0.1, 0.15) is 5.82 Å². The van der Waals surface area contributed by atoms with Crippen LogP contribution in [0.1, 0.15) is 40.5 Å². The molecule has 0 aliphatic rings. The SMILES string of the molecule is CCCCN(C)c1ccc(NC(=O)C(C)(C)C)nc1. The van der Waals surface area contributed by atoms with Crippen molar-refractivity contribution in [3.63, 3.8) is 0 Å². The number of amides is 1. The predicted molar refractivity (Wildman–Crippen MR) is 80.5 cm³/mol. The fourth-order valence-corrected chi connectivity index (χ4v) is 1.51. The van der Waals surface area contributed by atoms with E-state index in [4.69, 9.17) is 0 Å². The average Bonchev–Trinajstić information content (AvgIpc) is 2.35. The Morgan fingerprint density at radius 1 is 1.37 bits per heavy atom. The number of hydrogen-bond acceptors (Lipinski definition) is 3. The van der Waals surface area contributed by atoms with E-state index in [9.17, 15) is 4.79 Å². The van der Waals surface area contributed by atoms with E-state index in [1.165, 1.54) is 12.8 Å². The van der Waals surface area contributed by atoms with Crippen molar-refractivity contribution in [2.24, 2.45) is 5.41 Å². The minimum Gasteiger partial charge on any atom is -0.373 e. The zero-order chi connectivity index (χ0) is 14.5. The van der Waals surface area contributed by atoms with Gasteiger partial charge in [-0.15, -0.1) is 0 Å². The fraction of sp³-hybridized carbons (Fsp3) is 0.600. The number of nitrogens with zero attached hydrogens (tertiary/aromatic N) is 2. The molecule has 0 fully saturated rings. The van der Waals surface area contributed by atoms with Gasteiger partial charge in [0, 0.05) is 19.0 Å². The highest BCUT2D eigenvalue weighted by Gasteiger charge is 2.21. The lowest BCUT2D eigenvalue weighted by Crippen LogP contribution is -2.28. The minimum atomic E-state index is -0.404. The molecule has 0 radical (unpaired) electrons. The summed E-state index contributed by atoms with van der Waals surface area (Å²) in [6.45, 7) is 8.85. The maximum atomic E-state index is 11.8. The molecule has 0 aliphatic heterocycles. The number of aromatic nitrogens is 1. The molecule has 0 aromatic carbocycles. The first-order valence-corrected chi connectivity index (χ1v) is 6.83. The van der Waals surface area contributed by atoms with E-state index < -0.39 is 5.41 Å². The molecule has 1 aromatic rings. The molecule has 0 bridgehead atoms. The predicted octanol–water partition coefficient (Wildman–Crippen LogP) is 3.30. The third-order valence-electron chi connectivity index (χ3n) is 2.96. The quantitative estimate of drug-likeness (QED) is 0.886. The van der Waals surface area contributed by atoms with Gasteiger partial charge in [0.2, 0.25) is 5.91 Å². The smallest absolute Gasteiger partial charge is 0.230 e. The molecule has 0 unspecified atom stereocenters. The van der Waals surface area contributed by atoms with E-state index in [2.05, 4.69) is 29.2 Å². The van der Waals surface area contributed by atoms with Crippen LogP contribution in [0.5, 0.6) is 0 Å².